The van der Waals surface area contributed by atoms with Gasteiger partial charge in [-0.15, -0.1) is 11.3 Å². The highest BCUT2D eigenvalue weighted by molar-refractivity contribution is 7.21. The number of hydrogen-bond donors (Lipinski definition) is 0. The van der Waals surface area contributed by atoms with E-state index < -0.39 is 11.4 Å². The van der Waals surface area contributed by atoms with Gasteiger partial charge >= 0.3 is 5.97 Å². The Hall–Kier alpha value is -1.88. The molecule has 0 bridgehead atoms. The lowest BCUT2D eigenvalue weighted by Gasteiger charge is -2.17. The first-order valence-electron chi connectivity index (χ1n) is 7.19. The Morgan fingerprint density at radius 2 is 1.86 bits per heavy atom. The second-order valence-electron chi connectivity index (χ2n) is 5.94. The van der Waals surface area contributed by atoms with Crippen LogP contribution in [0, 0.1) is 5.41 Å². The van der Waals surface area contributed by atoms with Gasteiger partial charge in [0.15, 0.2) is 16.4 Å². The molecule has 5 heteroatoms. The van der Waals surface area contributed by atoms with Crippen LogP contribution >= 0.6 is 11.3 Å². The summed E-state index contributed by atoms with van der Waals surface area (Å²) in [4.78, 5) is 24.6. The van der Waals surface area contributed by atoms with E-state index in [1.165, 1.54) is 11.3 Å². The lowest BCUT2D eigenvalue weighted by atomic mass is 9.91. The third-order valence-corrected chi connectivity index (χ3v) is 4.33. The average Bonchev–Trinajstić information content (AvgIpc) is 2.82. The number of rotatable bonds is 5. The van der Waals surface area contributed by atoms with Gasteiger partial charge in [0.25, 0.3) is 0 Å². The predicted molar refractivity (Wildman–Crippen MR) is 87.7 cm³/mol. The molecule has 0 atom stereocenters. The van der Waals surface area contributed by atoms with E-state index in [9.17, 15) is 9.59 Å². The van der Waals surface area contributed by atoms with E-state index in [4.69, 9.17) is 9.47 Å². The summed E-state index contributed by atoms with van der Waals surface area (Å²) in [6.45, 7) is 7.53. The Morgan fingerprint density at radius 1 is 1.18 bits per heavy atom. The molecule has 2 aromatic rings. The average molecular weight is 320 g/mol. The smallest absolute Gasteiger partial charge is 0.352 e. The van der Waals surface area contributed by atoms with Gasteiger partial charge in [0.1, 0.15) is 6.61 Å². The largest absolute Gasteiger partial charge is 0.483 e. The molecule has 2 rings (SSSR count). The maximum absolute atomic E-state index is 12.1. The molecule has 0 fully saturated rings. The third-order valence-electron chi connectivity index (χ3n) is 3.19. The minimum absolute atomic E-state index is 0.0161. The molecule has 0 radical (unpaired) electrons. The van der Waals surface area contributed by atoms with Crippen molar-refractivity contribution < 1.29 is 19.1 Å². The number of benzene rings is 1. The van der Waals surface area contributed by atoms with Crippen LogP contribution in [0.25, 0.3) is 10.1 Å². The summed E-state index contributed by atoms with van der Waals surface area (Å²) in [6, 6.07) is 7.58. The molecular weight excluding hydrogens is 300 g/mol. The minimum atomic E-state index is -0.476. The number of fused-ring (bicyclic) bond motifs is 1. The predicted octanol–water partition coefficient (Wildman–Crippen LogP) is 4.07. The van der Waals surface area contributed by atoms with Crippen molar-refractivity contribution in [1.82, 2.24) is 0 Å². The van der Waals surface area contributed by atoms with E-state index in [2.05, 4.69) is 0 Å². The summed E-state index contributed by atoms with van der Waals surface area (Å²) in [5.74, 6) is 0.0103. The van der Waals surface area contributed by atoms with Crippen molar-refractivity contribution in [3.8, 4) is 5.75 Å². The monoisotopic (exact) mass is 320 g/mol. The zero-order chi connectivity index (χ0) is 16.3. The van der Waals surface area contributed by atoms with Crippen LogP contribution in [-0.2, 0) is 9.53 Å². The number of thiophene rings is 1. The molecular formula is C17H20O4S. The van der Waals surface area contributed by atoms with E-state index in [0.717, 1.165) is 10.1 Å². The molecule has 4 nitrogen and oxygen atoms in total. The second-order valence-corrected chi connectivity index (χ2v) is 6.99. The Labute approximate surface area is 134 Å². The van der Waals surface area contributed by atoms with Crippen molar-refractivity contribution in [3.63, 3.8) is 0 Å². The molecule has 1 heterocycles. The van der Waals surface area contributed by atoms with E-state index >= 15 is 0 Å². The molecule has 1 aromatic carbocycles. The Morgan fingerprint density at radius 3 is 2.50 bits per heavy atom. The van der Waals surface area contributed by atoms with Gasteiger partial charge < -0.3 is 9.47 Å². The Kier molecular flexibility index (Phi) is 4.86. The SMILES string of the molecule is CCOC(=O)c1sc2ccccc2c1OCC(=O)C(C)(C)C. The van der Waals surface area contributed by atoms with Gasteiger partial charge in [0, 0.05) is 15.5 Å². The summed E-state index contributed by atoms with van der Waals surface area (Å²) < 4.78 is 11.7. The van der Waals surface area contributed by atoms with Crippen molar-refractivity contribution in [2.45, 2.75) is 27.7 Å². The van der Waals surface area contributed by atoms with Crippen molar-refractivity contribution in [2.24, 2.45) is 5.41 Å². The van der Waals surface area contributed by atoms with Crippen LogP contribution in [0.5, 0.6) is 5.75 Å². The summed E-state index contributed by atoms with van der Waals surface area (Å²) in [7, 11) is 0. The van der Waals surface area contributed by atoms with E-state index in [-0.39, 0.29) is 12.4 Å². The van der Waals surface area contributed by atoms with Crippen molar-refractivity contribution in [3.05, 3.63) is 29.1 Å². The van der Waals surface area contributed by atoms with Crippen LogP contribution in [0.3, 0.4) is 0 Å². The highest BCUT2D eigenvalue weighted by atomic mass is 32.1. The molecule has 0 saturated heterocycles. The number of ketones is 1. The van der Waals surface area contributed by atoms with E-state index in [0.29, 0.717) is 17.2 Å². The molecule has 0 unspecified atom stereocenters. The molecule has 0 amide bonds. The number of hydrogen-bond acceptors (Lipinski definition) is 5. The van der Waals surface area contributed by atoms with E-state index in [1.807, 2.05) is 45.0 Å². The zero-order valence-electron chi connectivity index (χ0n) is 13.3. The van der Waals surface area contributed by atoms with Gasteiger partial charge in [-0.3, -0.25) is 4.79 Å². The number of esters is 1. The molecule has 0 aliphatic rings. The Bertz CT molecular complexity index is 694. The van der Waals surface area contributed by atoms with Crippen LogP contribution in [0.4, 0.5) is 0 Å². The fraction of sp³-hybridized carbons (Fsp3) is 0.412. The number of ether oxygens (including phenoxy) is 2. The molecule has 22 heavy (non-hydrogen) atoms. The van der Waals surface area contributed by atoms with Crippen LogP contribution in [-0.4, -0.2) is 25.0 Å². The van der Waals surface area contributed by atoms with Gasteiger partial charge in [0.05, 0.1) is 6.61 Å². The fourth-order valence-electron chi connectivity index (χ4n) is 1.85. The van der Waals surface area contributed by atoms with Gasteiger partial charge in [-0.25, -0.2) is 4.79 Å². The normalized spacial score (nSPS) is 11.5. The highest BCUT2D eigenvalue weighted by Gasteiger charge is 2.25. The standard InChI is InChI=1S/C17H20O4S/c1-5-20-16(19)15-14(21-10-13(18)17(2,3)4)11-8-6-7-9-12(11)22-15/h6-9H,5,10H2,1-4H3. The van der Waals surface area contributed by atoms with Gasteiger partial charge in [-0.05, 0) is 19.1 Å². The molecule has 0 aliphatic carbocycles. The molecule has 118 valence electrons. The maximum Gasteiger partial charge on any atom is 0.352 e. The first kappa shape index (κ1) is 16.5. The van der Waals surface area contributed by atoms with Crippen molar-refractivity contribution in [2.75, 3.05) is 13.2 Å². The van der Waals surface area contributed by atoms with Crippen LogP contribution < -0.4 is 4.74 Å². The zero-order valence-corrected chi connectivity index (χ0v) is 14.1. The summed E-state index contributed by atoms with van der Waals surface area (Å²) in [5, 5.41) is 0.831. The quantitative estimate of drug-likeness (QED) is 0.779. The molecule has 1 aromatic heterocycles. The number of carbonyl (C=O) groups is 2. The molecule has 0 spiro atoms. The fourth-order valence-corrected chi connectivity index (χ4v) is 2.89. The van der Waals surface area contributed by atoms with Crippen LogP contribution in [0.15, 0.2) is 24.3 Å². The Balaban J connectivity index is 2.35. The summed E-state index contributed by atoms with van der Waals surface area (Å²) in [6.07, 6.45) is 0. The van der Waals surface area contributed by atoms with Crippen molar-refractivity contribution in [1.29, 1.82) is 0 Å². The molecule has 0 saturated carbocycles. The minimum Gasteiger partial charge on any atom is -0.483 e. The topological polar surface area (TPSA) is 52.6 Å². The third kappa shape index (κ3) is 3.47. The first-order chi connectivity index (χ1) is 10.3. The number of Topliss-reactive ketones (excluding diaryl/α,β-unsaturated/α-hetero) is 1. The van der Waals surface area contributed by atoms with Gasteiger partial charge in [-0.2, -0.15) is 0 Å². The second kappa shape index (κ2) is 6.48. The van der Waals surface area contributed by atoms with Gasteiger partial charge in [0.2, 0.25) is 0 Å². The number of carbonyl (C=O) groups excluding carboxylic acids is 2. The van der Waals surface area contributed by atoms with Gasteiger partial charge in [-0.1, -0.05) is 32.9 Å². The summed E-state index contributed by atoms with van der Waals surface area (Å²) in [5.41, 5.74) is -0.476. The highest BCUT2D eigenvalue weighted by Crippen LogP contribution is 2.38. The van der Waals surface area contributed by atoms with Crippen molar-refractivity contribution >= 4 is 33.2 Å². The summed E-state index contributed by atoms with van der Waals surface area (Å²) >= 11 is 1.32. The van der Waals surface area contributed by atoms with Crippen LogP contribution in [0.1, 0.15) is 37.4 Å². The maximum atomic E-state index is 12.1. The first-order valence-corrected chi connectivity index (χ1v) is 8.01. The molecule has 0 aliphatic heterocycles. The lowest BCUT2D eigenvalue weighted by molar-refractivity contribution is -0.128. The van der Waals surface area contributed by atoms with Crippen LogP contribution in [0.2, 0.25) is 0 Å². The lowest BCUT2D eigenvalue weighted by Crippen LogP contribution is -2.26. The molecule has 0 N–H and O–H groups in total. The van der Waals surface area contributed by atoms with E-state index in [1.54, 1.807) is 6.92 Å².